The van der Waals surface area contributed by atoms with E-state index in [1.165, 1.54) is 46.9 Å². The molecule has 0 radical (unpaired) electrons. The standard InChI is InChI=1S/C58H39N3S2/c1-3-52-50(48-21-10-12-23-53(48)62-52)31-37(2)45-33-46(43-29-30-55-51(36-43)49-22-11-13-24-54(49)63-55)35-47(34-45)58-60-56(41-17-8-5-9-18-41)59-57(61-58)44-20-14-19-42(32-44)40-27-25-39(26-28-40)38-15-6-4-7-16-38/h3-36H,1H2,2H3/b37-31+. The van der Waals surface area contributed by atoms with Gasteiger partial charge in [-0.25, -0.2) is 15.0 Å². The molecule has 298 valence electrons. The van der Waals surface area contributed by atoms with E-state index in [0.29, 0.717) is 17.5 Å². The van der Waals surface area contributed by atoms with Crippen LogP contribution in [0, 0.1) is 0 Å². The molecule has 3 heterocycles. The van der Waals surface area contributed by atoms with Crippen molar-refractivity contribution >= 4 is 70.7 Å². The van der Waals surface area contributed by atoms with E-state index in [-0.39, 0.29) is 0 Å². The van der Waals surface area contributed by atoms with Crippen molar-refractivity contribution in [3.8, 4) is 67.5 Å². The number of nitrogens with zero attached hydrogens (tertiary/aromatic N) is 3. The molecule has 8 aromatic carbocycles. The van der Waals surface area contributed by atoms with Gasteiger partial charge in [-0.15, -0.1) is 22.7 Å². The summed E-state index contributed by atoms with van der Waals surface area (Å²) in [6.45, 7) is 6.38. The second-order valence-electron chi connectivity index (χ2n) is 15.7. The Morgan fingerprint density at radius 3 is 1.62 bits per heavy atom. The molecule has 0 aliphatic rings. The number of rotatable bonds is 9. The number of fused-ring (bicyclic) bond motifs is 4. The Hall–Kier alpha value is -7.57. The third kappa shape index (κ3) is 7.48. The molecule has 0 aliphatic heterocycles. The van der Waals surface area contributed by atoms with Crippen LogP contribution in [-0.2, 0) is 0 Å². The number of hydrogen-bond donors (Lipinski definition) is 0. The molecule has 3 nitrogen and oxygen atoms in total. The first kappa shape index (κ1) is 38.4. The molecule has 11 aromatic rings. The number of allylic oxidation sites excluding steroid dienone is 1. The van der Waals surface area contributed by atoms with Crippen LogP contribution in [0.3, 0.4) is 0 Å². The van der Waals surface area contributed by atoms with Gasteiger partial charge in [0.1, 0.15) is 0 Å². The molecule has 0 bridgehead atoms. The van der Waals surface area contributed by atoms with Crippen LogP contribution >= 0.6 is 22.7 Å². The first-order chi connectivity index (χ1) is 31.0. The first-order valence-corrected chi connectivity index (χ1v) is 22.7. The summed E-state index contributed by atoms with van der Waals surface area (Å²) in [4.78, 5) is 16.8. The normalized spacial score (nSPS) is 11.7. The lowest BCUT2D eigenvalue weighted by molar-refractivity contribution is 1.07. The molecular formula is C58H39N3S2. The van der Waals surface area contributed by atoms with Crippen LogP contribution in [0.5, 0.6) is 0 Å². The van der Waals surface area contributed by atoms with Crippen molar-refractivity contribution in [2.75, 3.05) is 0 Å². The van der Waals surface area contributed by atoms with E-state index >= 15 is 0 Å². The van der Waals surface area contributed by atoms with Gasteiger partial charge in [-0.2, -0.15) is 0 Å². The van der Waals surface area contributed by atoms with E-state index in [2.05, 4.69) is 189 Å². The van der Waals surface area contributed by atoms with Crippen LogP contribution in [0.1, 0.15) is 22.9 Å². The number of hydrogen-bond acceptors (Lipinski definition) is 5. The zero-order valence-corrected chi connectivity index (χ0v) is 36.1. The topological polar surface area (TPSA) is 38.7 Å². The van der Waals surface area contributed by atoms with Crippen LogP contribution < -0.4 is 0 Å². The second-order valence-corrected chi connectivity index (χ2v) is 17.9. The maximum atomic E-state index is 5.30. The minimum atomic E-state index is 0.613. The van der Waals surface area contributed by atoms with E-state index in [4.69, 9.17) is 15.0 Å². The molecule has 63 heavy (non-hydrogen) atoms. The lowest BCUT2D eigenvalue weighted by Crippen LogP contribution is -2.01. The van der Waals surface area contributed by atoms with Gasteiger partial charge in [0, 0.05) is 57.4 Å². The van der Waals surface area contributed by atoms with Gasteiger partial charge in [0.2, 0.25) is 0 Å². The maximum Gasteiger partial charge on any atom is 0.164 e. The van der Waals surface area contributed by atoms with Crippen molar-refractivity contribution in [3.05, 3.63) is 217 Å². The van der Waals surface area contributed by atoms with E-state index in [0.717, 1.165) is 55.0 Å². The van der Waals surface area contributed by atoms with Gasteiger partial charge in [0.05, 0.1) is 0 Å². The summed E-state index contributed by atoms with van der Waals surface area (Å²) in [5, 5.41) is 3.76. The Morgan fingerprint density at radius 2 is 0.889 bits per heavy atom. The van der Waals surface area contributed by atoms with Crippen molar-refractivity contribution in [2.45, 2.75) is 6.92 Å². The summed E-state index contributed by atoms with van der Waals surface area (Å²) in [5.74, 6) is 1.86. The monoisotopic (exact) mass is 841 g/mol. The Bertz CT molecular complexity index is 3530. The van der Waals surface area contributed by atoms with Crippen LogP contribution in [0.15, 0.2) is 201 Å². The van der Waals surface area contributed by atoms with Gasteiger partial charge in [-0.3, -0.25) is 0 Å². The zero-order valence-electron chi connectivity index (χ0n) is 34.5. The minimum Gasteiger partial charge on any atom is -0.208 e. The average Bonchev–Trinajstić information content (AvgIpc) is 3.91. The van der Waals surface area contributed by atoms with Crippen LogP contribution in [-0.4, -0.2) is 15.0 Å². The molecule has 3 aromatic heterocycles. The SMILES string of the molecule is C=Cc1sc2ccccc2c1/C=C(\C)c1cc(-c2ccc3sc4ccccc4c3c2)cc(-c2nc(-c3ccccc3)nc(-c3cccc(-c4ccc(-c5ccccc5)cc4)c3)n2)c1. The molecule has 0 N–H and O–H groups in total. The predicted molar refractivity (Wildman–Crippen MR) is 271 cm³/mol. The fourth-order valence-corrected chi connectivity index (χ4v) is 10.5. The van der Waals surface area contributed by atoms with Crippen LogP contribution in [0.2, 0.25) is 0 Å². The summed E-state index contributed by atoms with van der Waals surface area (Å²) in [7, 11) is 0. The molecule has 0 amide bonds. The average molecular weight is 842 g/mol. The van der Waals surface area contributed by atoms with Gasteiger partial charge >= 0.3 is 0 Å². The predicted octanol–water partition coefficient (Wildman–Crippen LogP) is 16.7. The Morgan fingerprint density at radius 1 is 0.397 bits per heavy atom. The van der Waals surface area contributed by atoms with E-state index in [1.54, 1.807) is 11.3 Å². The van der Waals surface area contributed by atoms with E-state index < -0.39 is 0 Å². The molecule has 0 spiro atoms. The summed E-state index contributed by atoms with van der Waals surface area (Å²) in [6.07, 6.45) is 4.28. The molecule has 0 unspecified atom stereocenters. The molecule has 11 rings (SSSR count). The van der Waals surface area contributed by atoms with Crippen molar-refractivity contribution in [2.24, 2.45) is 0 Å². The van der Waals surface area contributed by atoms with Gasteiger partial charge in [0.15, 0.2) is 17.5 Å². The highest BCUT2D eigenvalue weighted by Gasteiger charge is 2.17. The van der Waals surface area contributed by atoms with Crippen molar-refractivity contribution in [1.29, 1.82) is 0 Å². The second kappa shape index (κ2) is 16.4. The quantitative estimate of drug-likeness (QED) is 0.145. The van der Waals surface area contributed by atoms with E-state index in [1.807, 2.05) is 41.7 Å². The molecular weight excluding hydrogens is 803 g/mol. The third-order valence-corrected chi connectivity index (χ3v) is 14.0. The van der Waals surface area contributed by atoms with Crippen molar-refractivity contribution in [1.82, 2.24) is 15.0 Å². The fraction of sp³-hybridized carbons (Fsp3) is 0.0172. The molecule has 0 aliphatic carbocycles. The summed E-state index contributed by atoms with van der Waals surface area (Å²) in [5.41, 5.74) is 13.0. The van der Waals surface area contributed by atoms with Gasteiger partial charge in [-0.05, 0) is 106 Å². The lowest BCUT2D eigenvalue weighted by Gasteiger charge is -2.13. The fourth-order valence-electron chi connectivity index (χ4n) is 8.42. The Balaban J connectivity index is 1.08. The van der Waals surface area contributed by atoms with Gasteiger partial charge < -0.3 is 0 Å². The summed E-state index contributed by atoms with van der Waals surface area (Å²) in [6, 6.07) is 68.8. The number of thiophene rings is 2. The number of aromatic nitrogens is 3. The number of benzene rings is 8. The van der Waals surface area contributed by atoms with Crippen molar-refractivity contribution in [3.63, 3.8) is 0 Å². The lowest BCUT2D eigenvalue weighted by atomic mass is 9.94. The molecule has 0 atom stereocenters. The molecule has 5 heteroatoms. The highest BCUT2D eigenvalue weighted by Crippen LogP contribution is 2.40. The maximum absolute atomic E-state index is 5.30. The van der Waals surface area contributed by atoms with Crippen LogP contribution in [0.4, 0.5) is 0 Å². The summed E-state index contributed by atoms with van der Waals surface area (Å²) >= 11 is 3.61. The zero-order chi connectivity index (χ0) is 42.3. The molecule has 0 fully saturated rings. The highest BCUT2D eigenvalue weighted by molar-refractivity contribution is 7.25. The smallest absolute Gasteiger partial charge is 0.164 e. The Kier molecular flexibility index (Phi) is 9.97. The summed E-state index contributed by atoms with van der Waals surface area (Å²) < 4.78 is 3.81. The van der Waals surface area contributed by atoms with Crippen LogP contribution in [0.25, 0.3) is 116 Å². The molecule has 0 saturated heterocycles. The van der Waals surface area contributed by atoms with Gasteiger partial charge in [0.25, 0.3) is 0 Å². The highest BCUT2D eigenvalue weighted by atomic mass is 32.1. The Labute approximate surface area is 374 Å². The van der Waals surface area contributed by atoms with E-state index in [9.17, 15) is 0 Å². The van der Waals surface area contributed by atoms with Crippen molar-refractivity contribution < 1.29 is 0 Å². The minimum absolute atomic E-state index is 0.613. The third-order valence-electron chi connectivity index (χ3n) is 11.7. The largest absolute Gasteiger partial charge is 0.208 e. The van der Waals surface area contributed by atoms with Gasteiger partial charge in [-0.1, -0.05) is 158 Å². The molecule has 0 saturated carbocycles. The first-order valence-electron chi connectivity index (χ1n) is 21.0.